The zero-order chi connectivity index (χ0) is 37.0. The van der Waals surface area contributed by atoms with E-state index in [-0.39, 0.29) is 0 Å². The molecule has 1 heteroatoms. The van der Waals surface area contributed by atoms with Crippen molar-refractivity contribution in [2.75, 3.05) is 5.73 Å². The summed E-state index contributed by atoms with van der Waals surface area (Å²) in [5.74, 6) is 0. The van der Waals surface area contributed by atoms with Crippen LogP contribution >= 0.6 is 0 Å². The van der Waals surface area contributed by atoms with Crippen molar-refractivity contribution in [2.24, 2.45) is 0 Å². The second-order valence-corrected chi connectivity index (χ2v) is 13.9. The highest BCUT2D eigenvalue weighted by Gasteiger charge is 2.18. The maximum absolute atomic E-state index is 5.76. The third kappa shape index (κ3) is 6.65. The van der Waals surface area contributed by atoms with Gasteiger partial charge in [-0.1, -0.05) is 206 Å². The lowest BCUT2D eigenvalue weighted by Gasteiger charge is -2.19. The molecule has 55 heavy (non-hydrogen) atoms. The van der Waals surface area contributed by atoms with Crippen LogP contribution in [0.25, 0.3) is 77.0 Å². The number of nitrogens with two attached hydrogens (primary N) is 1. The zero-order valence-electron chi connectivity index (χ0n) is 30.4. The normalized spacial score (nSPS) is 11.0. The van der Waals surface area contributed by atoms with E-state index in [1.165, 1.54) is 82.0 Å². The summed E-state index contributed by atoms with van der Waals surface area (Å²) in [6, 6.07) is 77.3. The average Bonchev–Trinajstić information content (AvgIpc) is 3.26. The number of hydrogen-bond donors (Lipinski definition) is 1. The maximum Gasteiger partial charge on any atom is 0.0314 e. The molecule has 0 saturated carbocycles. The van der Waals surface area contributed by atoms with Crippen LogP contribution in [0.2, 0.25) is 0 Å². The van der Waals surface area contributed by atoms with Gasteiger partial charge in [0.25, 0.3) is 0 Å². The number of benzene rings is 10. The van der Waals surface area contributed by atoms with Crippen LogP contribution in [-0.4, -0.2) is 0 Å². The first-order valence-electron chi connectivity index (χ1n) is 18.8. The Bertz CT molecular complexity index is 2710. The van der Waals surface area contributed by atoms with E-state index in [9.17, 15) is 0 Å². The molecule has 10 rings (SSSR count). The van der Waals surface area contributed by atoms with Crippen LogP contribution in [-0.2, 0) is 0 Å². The van der Waals surface area contributed by atoms with Gasteiger partial charge in [0.15, 0.2) is 0 Å². The van der Waals surface area contributed by atoms with Crippen molar-refractivity contribution in [3.05, 3.63) is 235 Å². The van der Waals surface area contributed by atoms with E-state index in [0.29, 0.717) is 0 Å². The van der Waals surface area contributed by atoms with Crippen LogP contribution in [0.15, 0.2) is 218 Å². The van der Waals surface area contributed by atoms with Crippen LogP contribution < -0.4 is 5.73 Å². The lowest BCUT2D eigenvalue weighted by Crippen LogP contribution is -1.92. The summed E-state index contributed by atoms with van der Waals surface area (Å²) < 4.78 is 0. The molecule has 0 heterocycles. The first-order chi connectivity index (χ1) is 27.2. The summed E-state index contributed by atoms with van der Waals surface area (Å²) in [4.78, 5) is 0. The smallest absolute Gasteiger partial charge is 0.0314 e. The molecule has 0 amide bonds. The lowest BCUT2D eigenvalue weighted by atomic mass is 9.84. The van der Waals surface area contributed by atoms with Gasteiger partial charge in [-0.2, -0.15) is 0 Å². The lowest BCUT2D eigenvalue weighted by molar-refractivity contribution is 1.55. The van der Waals surface area contributed by atoms with Gasteiger partial charge < -0.3 is 5.73 Å². The van der Waals surface area contributed by atoms with Crippen molar-refractivity contribution in [1.29, 1.82) is 0 Å². The summed E-state index contributed by atoms with van der Waals surface area (Å²) in [5.41, 5.74) is 16.5. The van der Waals surface area contributed by atoms with E-state index in [2.05, 4.69) is 188 Å². The van der Waals surface area contributed by atoms with E-state index in [4.69, 9.17) is 5.73 Å². The van der Waals surface area contributed by atoms with Gasteiger partial charge in [0.2, 0.25) is 0 Å². The van der Waals surface area contributed by atoms with Gasteiger partial charge in [-0.3, -0.25) is 0 Å². The minimum Gasteiger partial charge on any atom is -0.399 e. The maximum atomic E-state index is 5.76. The van der Waals surface area contributed by atoms with Gasteiger partial charge in [0, 0.05) is 5.69 Å². The highest BCUT2D eigenvalue weighted by molar-refractivity contribution is 6.25. The Morgan fingerprint density at radius 1 is 0.309 bits per heavy atom. The number of nitrogen functional groups attached to an aromatic ring is 1. The fourth-order valence-corrected chi connectivity index (χ4v) is 7.92. The van der Waals surface area contributed by atoms with Crippen LogP contribution in [0.1, 0.15) is 16.7 Å². The second-order valence-electron chi connectivity index (χ2n) is 13.9. The molecule has 0 fully saturated rings. The van der Waals surface area contributed by atoms with Gasteiger partial charge in [-0.05, 0) is 106 Å². The van der Waals surface area contributed by atoms with Crippen LogP contribution in [0, 0.1) is 0 Å². The minimum atomic E-state index is 0.785. The number of fused-ring (bicyclic) bond motifs is 4. The highest BCUT2D eigenvalue weighted by Crippen LogP contribution is 2.46. The third-order valence-electron chi connectivity index (χ3n) is 10.5. The molecule has 0 spiro atoms. The Morgan fingerprint density at radius 3 is 1.07 bits per heavy atom. The fourth-order valence-electron chi connectivity index (χ4n) is 7.92. The molecule has 0 saturated heterocycles. The quantitative estimate of drug-likeness (QED) is 0.108. The predicted octanol–water partition coefficient (Wildman–Crippen LogP) is 14.5. The highest BCUT2D eigenvalue weighted by atomic mass is 14.5. The van der Waals surface area contributed by atoms with Gasteiger partial charge in [-0.15, -0.1) is 0 Å². The molecule has 10 aromatic carbocycles. The van der Waals surface area contributed by atoms with E-state index < -0.39 is 0 Å². The van der Waals surface area contributed by atoms with Crippen molar-refractivity contribution < 1.29 is 0 Å². The van der Waals surface area contributed by atoms with Crippen molar-refractivity contribution in [2.45, 2.75) is 0 Å². The monoisotopic (exact) mass is 701 g/mol. The summed E-state index contributed by atoms with van der Waals surface area (Å²) in [5, 5.41) is 10.3. The van der Waals surface area contributed by atoms with E-state index >= 15 is 0 Å². The Balaban J connectivity index is 0.000000163. The molecule has 0 radical (unpaired) electrons. The summed E-state index contributed by atoms with van der Waals surface area (Å²) in [7, 11) is 0. The largest absolute Gasteiger partial charge is 0.399 e. The first-order valence-corrected chi connectivity index (χ1v) is 18.8. The second kappa shape index (κ2) is 15.0. The standard InChI is InChI=1S/C34H22.C20H17N/c1-3-15-25-23(11-1)13-9-21-27(25)33-29-17-5-7-19-31(29)34(32-20-8-6-18-30(32)33)28-22-10-14-24-12-2-4-16-26(24)28;21-19-13-11-16(12-14-19)15-20(17-7-3-1-4-8-17)18-9-5-2-6-10-18/h1-22H;1-15H,21H2. The van der Waals surface area contributed by atoms with Crippen molar-refractivity contribution in [3.8, 4) is 22.3 Å². The van der Waals surface area contributed by atoms with Gasteiger partial charge in [0.1, 0.15) is 0 Å². The summed E-state index contributed by atoms with van der Waals surface area (Å²) >= 11 is 0. The van der Waals surface area contributed by atoms with Gasteiger partial charge in [0.05, 0.1) is 0 Å². The third-order valence-corrected chi connectivity index (χ3v) is 10.5. The van der Waals surface area contributed by atoms with E-state index in [1.807, 2.05) is 36.4 Å². The molecule has 0 aliphatic heterocycles. The Labute approximate surface area is 322 Å². The molecule has 0 aromatic heterocycles. The molecule has 0 atom stereocenters. The molecular formula is C54H39N. The molecule has 0 aliphatic rings. The molecule has 2 N–H and O–H groups in total. The molecule has 0 bridgehead atoms. The average molecular weight is 702 g/mol. The number of hydrogen-bond acceptors (Lipinski definition) is 1. The predicted molar refractivity (Wildman–Crippen MR) is 238 cm³/mol. The van der Waals surface area contributed by atoms with Crippen molar-refractivity contribution >= 4 is 60.4 Å². The molecule has 0 aliphatic carbocycles. The van der Waals surface area contributed by atoms with Crippen LogP contribution in [0.4, 0.5) is 5.69 Å². The van der Waals surface area contributed by atoms with E-state index in [1.54, 1.807) is 0 Å². The Hall–Kier alpha value is -7.22. The first kappa shape index (κ1) is 33.6. The SMILES string of the molecule is Nc1ccc(C=C(c2ccccc2)c2ccccc2)cc1.c1ccc2c(-c3c4ccccc4c(-c4cccc5ccccc45)c4ccccc34)cccc2c1. The summed E-state index contributed by atoms with van der Waals surface area (Å²) in [6.45, 7) is 0. The van der Waals surface area contributed by atoms with Crippen molar-refractivity contribution in [3.63, 3.8) is 0 Å². The number of rotatable bonds is 5. The van der Waals surface area contributed by atoms with Crippen LogP contribution in [0.3, 0.4) is 0 Å². The minimum absolute atomic E-state index is 0.785. The fraction of sp³-hybridized carbons (Fsp3) is 0. The number of anilines is 1. The molecule has 1 nitrogen and oxygen atoms in total. The van der Waals surface area contributed by atoms with Gasteiger partial charge >= 0.3 is 0 Å². The Morgan fingerprint density at radius 2 is 0.655 bits per heavy atom. The topological polar surface area (TPSA) is 26.0 Å². The van der Waals surface area contributed by atoms with Crippen LogP contribution in [0.5, 0.6) is 0 Å². The molecular weight excluding hydrogens is 663 g/mol. The molecule has 0 unspecified atom stereocenters. The summed E-state index contributed by atoms with van der Waals surface area (Å²) in [6.07, 6.45) is 2.20. The molecule has 260 valence electrons. The zero-order valence-corrected chi connectivity index (χ0v) is 30.4. The van der Waals surface area contributed by atoms with Gasteiger partial charge in [-0.25, -0.2) is 0 Å². The van der Waals surface area contributed by atoms with Crippen molar-refractivity contribution in [1.82, 2.24) is 0 Å². The molecule has 10 aromatic rings. The van der Waals surface area contributed by atoms with E-state index in [0.717, 1.165) is 11.3 Å². The Kier molecular flexibility index (Phi) is 9.18.